The van der Waals surface area contributed by atoms with Crippen LogP contribution in [0.5, 0.6) is 0 Å². The second-order valence-electron chi connectivity index (χ2n) is 3.02. The Hall–Kier alpha value is 0.01000. The maximum atomic E-state index is 9.18. The molecule has 0 aromatic carbocycles. The van der Waals surface area contributed by atoms with Crippen molar-refractivity contribution in [2.24, 2.45) is 5.73 Å². The predicted molar refractivity (Wildman–Crippen MR) is 46.4 cm³/mol. The fraction of sp³-hybridized carbons (Fsp3) is 1.00. The van der Waals surface area contributed by atoms with E-state index in [1.165, 1.54) is 0 Å². The average Bonchev–Trinajstić information content (AvgIpc) is 2.08. The van der Waals surface area contributed by atoms with E-state index in [4.69, 9.17) is 26.2 Å². The summed E-state index contributed by atoms with van der Waals surface area (Å²) in [5.41, 5.74) is 5.04. The molecule has 0 radical (unpaired) electrons. The Kier molecular flexibility index (Phi) is 4.69. The van der Waals surface area contributed by atoms with Gasteiger partial charge in [-0.1, -0.05) is 0 Å². The molecule has 7 nitrogen and oxygen atoms in total. The average molecular weight is 232 g/mol. The molecule has 0 saturated carbocycles. The van der Waals surface area contributed by atoms with Gasteiger partial charge in [0.25, 0.3) is 5.91 Å². The molecule has 8 heteroatoms. The highest BCUT2D eigenvalue weighted by molar-refractivity contribution is 5.85. The molecular weight excluding hydrogens is 218 g/mol. The van der Waals surface area contributed by atoms with E-state index < -0.39 is 36.9 Å². The van der Waals surface area contributed by atoms with Crippen LogP contribution in [0.3, 0.4) is 0 Å². The van der Waals surface area contributed by atoms with E-state index in [1.54, 1.807) is 0 Å². The van der Waals surface area contributed by atoms with Crippen LogP contribution in [-0.2, 0) is 4.74 Å². The number of halogens is 1. The molecule has 1 fully saturated rings. The van der Waals surface area contributed by atoms with E-state index in [-0.39, 0.29) is 12.4 Å². The van der Waals surface area contributed by atoms with Gasteiger partial charge in [0, 0.05) is 0 Å². The largest absolute Gasteiger partial charge is 0.394 e. The maximum absolute atomic E-state index is 9.18. The zero-order valence-corrected chi connectivity index (χ0v) is 7.96. The molecule has 7 N–H and O–H groups in total. The highest BCUT2D eigenvalue weighted by atomic mass is 35.5. The van der Waals surface area contributed by atoms with Gasteiger partial charge in [0.2, 0.25) is 0 Å². The first kappa shape index (κ1) is 14.0. The fourth-order valence-electron chi connectivity index (χ4n) is 1.18. The van der Waals surface area contributed by atoms with Crippen molar-refractivity contribution in [1.82, 2.24) is 0 Å². The highest BCUT2D eigenvalue weighted by Crippen LogP contribution is 2.23. The molecule has 0 amide bonds. The SMILES string of the molecule is Cl.N[C@@]1(O)O[C@H](CO)[C@H](O)[C@H](O)[C@H]1O. The first-order valence-electron chi connectivity index (χ1n) is 3.74. The summed E-state index contributed by atoms with van der Waals surface area (Å²) in [6.45, 7) is -0.621. The standard InChI is InChI=1S/C6H13NO6.ClH/c7-6(12)5(11)4(10)3(9)2(1-8)13-6;/h2-5,8-12H,1,7H2;1H/t2-,3+,4+,5-,6+;/m1./s1. The van der Waals surface area contributed by atoms with Crippen LogP contribution >= 0.6 is 12.4 Å². The van der Waals surface area contributed by atoms with Gasteiger partial charge in [-0.05, 0) is 0 Å². The summed E-state index contributed by atoms with van der Waals surface area (Å²) in [6.07, 6.45) is -6.16. The van der Waals surface area contributed by atoms with Gasteiger partial charge in [0.15, 0.2) is 6.10 Å². The van der Waals surface area contributed by atoms with Crippen LogP contribution in [0.1, 0.15) is 0 Å². The van der Waals surface area contributed by atoms with Crippen LogP contribution in [0.15, 0.2) is 0 Å². The number of hydrogen-bond donors (Lipinski definition) is 6. The molecular formula is C6H14ClNO6. The molecule has 5 atom stereocenters. The summed E-state index contributed by atoms with van der Waals surface area (Å²) in [7, 11) is 0. The zero-order chi connectivity index (χ0) is 10.2. The summed E-state index contributed by atoms with van der Waals surface area (Å²) < 4.78 is 4.54. The number of aliphatic hydroxyl groups excluding tert-OH is 4. The third-order valence-electron chi connectivity index (χ3n) is 2.00. The first-order valence-corrected chi connectivity index (χ1v) is 3.74. The normalized spacial score (nSPS) is 48.4. The molecule has 1 rings (SSSR count). The minimum Gasteiger partial charge on any atom is -0.394 e. The Morgan fingerprint density at radius 3 is 2.14 bits per heavy atom. The lowest BCUT2D eigenvalue weighted by Gasteiger charge is -2.42. The van der Waals surface area contributed by atoms with E-state index in [0.717, 1.165) is 0 Å². The van der Waals surface area contributed by atoms with Gasteiger partial charge >= 0.3 is 0 Å². The lowest BCUT2D eigenvalue weighted by Crippen LogP contribution is -2.69. The third kappa shape index (κ3) is 2.33. The monoisotopic (exact) mass is 231 g/mol. The van der Waals surface area contributed by atoms with Crippen LogP contribution in [-0.4, -0.2) is 62.5 Å². The van der Waals surface area contributed by atoms with E-state index in [2.05, 4.69) is 4.74 Å². The second-order valence-corrected chi connectivity index (χ2v) is 3.02. The molecule has 14 heavy (non-hydrogen) atoms. The van der Waals surface area contributed by atoms with Crippen LogP contribution in [0, 0.1) is 0 Å². The topological polar surface area (TPSA) is 136 Å². The maximum Gasteiger partial charge on any atom is 0.252 e. The van der Waals surface area contributed by atoms with Crippen molar-refractivity contribution in [1.29, 1.82) is 0 Å². The van der Waals surface area contributed by atoms with Crippen LogP contribution in [0.2, 0.25) is 0 Å². The summed E-state index contributed by atoms with van der Waals surface area (Å²) in [5.74, 6) is -2.45. The number of ether oxygens (including phenoxy) is 1. The van der Waals surface area contributed by atoms with Crippen molar-refractivity contribution in [2.75, 3.05) is 6.61 Å². The van der Waals surface area contributed by atoms with Crippen molar-refractivity contribution in [2.45, 2.75) is 30.3 Å². The van der Waals surface area contributed by atoms with E-state index in [0.29, 0.717) is 0 Å². The van der Waals surface area contributed by atoms with Crippen LogP contribution in [0.4, 0.5) is 0 Å². The molecule has 1 aliphatic heterocycles. The highest BCUT2D eigenvalue weighted by Gasteiger charge is 2.50. The Labute approximate surface area is 86.1 Å². The Morgan fingerprint density at radius 1 is 1.21 bits per heavy atom. The lowest BCUT2D eigenvalue weighted by atomic mass is 9.97. The van der Waals surface area contributed by atoms with Gasteiger partial charge in [-0.3, -0.25) is 5.73 Å². The Balaban J connectivity index is 0.00000169. The molecule has 0 aromatic rings. The summed E-state index contributed by atoms with van der Waals surface area (Å²) in [6, 6.07) is 0. The minimum atomic E-state index is -2.45. The molecule has 1 saturated heterocycles. The van der Waals surface area contributed by atoms with Gasteiger partial charge in [-0.15, -0.1) is 12.4 Å². The van der Waals surface area contributed by atoms with Gasteiger partial charge in [-0.25, -0.2) is 0 Å². The summed E-state index contributed by atoms with van der Waals surface area (Å²) in [4.78, 5) is 0. The minimum absolute atomic E-state index is 0. The molecule has 0 unspecified atom stereocenters. The van der Waals surface area contributed by atoms with Gasteiger partial charge in [0.1, 0.15) is 18.3 Å². The van der Waals surface area contributed by atoms with Crippen LogP contribution in [0.25, 0.3) is 0 Å². The molecule has 0 spiro atoms. The number of hydrogen-bond acceptors (Lipinski definition) is 7. The number of nitrogens with two attached hydrogens (primary N) is 1. The molecule has 0 aliphatic carbocycles. The van der Waals surface area contributed by atoms with Gasteiger partial charge in [0.05, 0.1) is 6.61 Å². The molecule has 1 aliphatic rings. The van der Waals surface area contributed by atoms with E-state index in [1.807, 2.05) is 0 Å². The summed E-state index contributed by atoms with van der Waals surface area (Å²) >= 11 is 0. The van der Waals surface area contributed by atoms with Crippen molar-refractivity contribution < 1.29 is 30.3 Å². The molecule has 1 heterocycles. The van der Waals surface area contributed by atoms with Crippen molar-refractivity contribution in [3.63, 3.8) is 0 Å². The zero-order valence-electron chi connectivity index (χ0n) is 7.15. The first-order chi connectivity index (χ1) is 5.90. The third-order valence-corrected chi connectivity index (χ3v) is 2.00. The number of rotatable bonds is 1. The summed E-state index contributed by atoms with van der Waals surface area (Å²) in [5, 5.41) is 45.2. The van der Waals surface area contributed by atoms with Crippen molar-refractivity contribution >= 4 is 12.4 Å². The fourth-order valence-corrected chi connectivity index (χ4v) is 1.18. The van der Waals surface area contributed by atoms with Gasteiger partial charge in [-0.2, -0.15) is 0 Å². The van der Waals surface area contributed by atoms with Crippen LogP contribution < -0.4 is 5.73 Å². The Bertz CT molecular complexity index is 189. The van der Waals surface area contributed by atoms with E-state index in [9.17, 15) is 5.11 Å². The van der Waals surface area contributed by atoms with Crippen molar-refractivity contribution in [3.05, 3.63) is 0 Å². The van der Waals surface area contributed by atoms with E-state index >= 15 is 0 Å². The second kappa shape index (κ2) is 4.69. The van der Waals surface area contributed by atoms with Gasteiger partial charge < -0.3 is 30.3 Å². The molecule has 86 valence electrons. The predicted octanol–water partition coefficient (Wildman–Crippen LogP) is -3.51. The molecule has 0 bridgehead atoms. The quantitative estimate of drug-likeness (QED) is 0.258. The molecule has 0 aromatic heterocycles. The smallest absolute Gasteiger partial charge is 0.252 e. The lowest BCUT2D eigenvalue weighted by molar-refractivity contribution is -0.346. The Morgan fingerprint density at radius 2 is 1.71 bits per heavy atom. The number of aliphatic hydroxyl groups is 5. The van der Waals surface area contributed by atoms with Crippen molar-refractivity contribution in [3.8, 4) is 0 Å².